The number of nitro benzene ring substituents is 1. The number of hydrogen-bond donors (Lipinski definition) is 0. The van der Waals surface area contributed by atoms with E-state index in [0.29, 0.717) is 16.3 Å². The molecule has 0 N–H and O–H groups in total. The molecule has 0 saturated heterocycles. The molecule has 1 amide bonds. The quantitative estimate of drug-likeness (QED) is 0.339. The van der Waals surface area contributed by atoms with E-state index in [-0.39, 0.29) is 34.5 Å². The molecule has 1 aliphatic heterocycles. The van der Waals surface area contributed by atoms with Crippen molar-refractivity contribution >= 4 is 34.2 Å². The lowest BCUT2D eigenvalue weighted by atomic mass is 9.98. The van der Waals surface area contributed by atoms with Crippen molar-refractivity contribution in [1.82, 2.24) is 4.90 Å². The van der Waals surface area contributed by atoms with Crippen LogP contribution in [0.25, 0.3) is 11.0 Å². The highest BCUT2D eigenvalue weighted by atomic mass is 35.5. The van der Waals surface area contributed by atoms with Crippen LogP contribution in [0.2, 0.25) is 5.02 Å². The number of carbonyl (C=O) groups excluding carboxylic acids is 1. The molecule has 2 aromatic carbocycles. The Morgan fingerprint density at radius 1 is 1.10 bits per heavy atom. The van der Waals surface area contributed by atoms with Gasteiger partial charge in [0.1, 0.15) is 11.3 Å². The molecule has 1 atom stereocenters. The van der Waals surface area contributed by atoms with Gasteiger partial charge in [-0.1, -0.05) is 23.7 Å². The smallest absolute Gasteiger partial charge is 0.291 e. The van der Waals surface area contributed by atoms with E-state index >= 15 is 0 Å². The number of furan rings is 1. The number of non-ortho nitro benzene ring substituents is 1. The number of amides is 1. The van der Waals surface area contributed by atoms with E-state index in [9.17, 15) is 19.7 Å². The molecule has 3 heterocycles. The summed E-state index contributed by atoms with van der Waals surface area (Å²) in [5.74, 6) is -0.101. The summed E-state index contributed by atoms with van der Waals surface area (Å²) in [7, 11) is 0. The van der Waals surface area contributed by atoms with Crippen LogP contribution in [0.4, 0.5) is 5.69 Å². The zero-order valence-corrected chi connectivity index (χ0v) is 16.5. The molecule has 1 aliphatic rings. The molecular formula is C22H13ClN2O6. The zero-order chi connectivity index (χ0) is 21.7. The van der Waals surface area contributed by atoms with Gasteiger partial charge in [0.2, 0.25) is 5.76 Å². The summed E-state index contributed by atoms with van der Waals surface area (Å²) in [5, 5.41) is 11.9. The summed E-state index contributed by atoms with van der Waals surface area (Å²) >= 11 is 6.06. The monoisotopic (exact) mass is 436 g/mol. The van der Waals surface area contributed by atoms with Gasteiger partial charge in [0, 0.05) is 17.2 Å². The minimum atomic E-state index is -0.882. The molecule has 0 saturated carbocycles. The second-order valence-corrected chi connectivity index (χ2v) is 7.52. The SMILES string of the molecule is O=C1c2oc3ccc(Cl)cc3c(=O)c2C(c2cccc([N+](=O)[O-])c2)N1Cc1ccco1. The third-order valence-corrected chi connectivity index (χ3v) is 5.47. The van der Waals surface area contributed by atoms with Crippen molar-refractivity contribution in [3.05, 3.63) is 109 Å². The van der Waals surface area contributed by atoms with Gasteiger partial charge in [-0.15, -0.1) is 0 Å². The highest BCUT2D eigenvalue weighted by Gasteiger charge is 2.43. The van der Waals surface area contributed by atoms with Gasteiger partial charge in [-0.05, 0) is 35.9 Å². The molecule has 0 fully saturated rings. The Kier molecular flexibility index (Phi) is 4.37. The van der Waals surface area contributed by atoms with Gasteiger partial charge in [-0.25, -0.2) is 0 Å². The van der Waals surface area contributed by atoms with Crippen molar-refractivity contribution in [2.24, 2.45) is 0 Å². The minimum Gasteiger partial charge on any atom is -0.467 e. The number of nitrogens with zero attached hydrogens (tertiary/aromatic N) is 2. The Morgan fingerprint density at radius 3 is 2.68 bits per heavy atom. The van der Waals surface area contributed by atoms with Crippen molar-refractivity contribution in [1.29, 1.82) is 0 Å². The fraction of sp³-hybridized carbons (Fsp3) is 0.0909. The summed E-state index contributed by atoms with van der Waals surface area (Å²) in [5.41, 5.74) is 0.211. The Morgan fingerprint density at radius 2 is 1.94 bits per heavy atom. The van der Waals surface area contributed by atoms with Crippen LogP contribution in [0.5, 0.6) is 0 Å². The van der Waals surface area contributed by atoms with Gasteiger partial charge in [0.15, 0.2) is 5.43 Å². The van der Waals surface area contributed by atoms with Crippen LogP contribution >= 0.6 is 11.6 Å². The first-order chi connectivity index (χ1) is 14.9. The third-order valence-electron chi connectivity index (χ3n) is 5.23. The molecule has 8 nitrogen and oxygen atoms in total. The molecule has 0 bridgehead atoms. The van der Waals surface area contributed by atoms with Crippen LogP contribution in [-0.2, 0) is 6.54 Å². The molecule has 5 rings (SSSR count). The average Bonchev–Trinajstić information content (AvgIpc) is 3.36. The highest BCUT2D eigenvalue weighted by molar-refractivity contribution is 6.31. The van der Waals surface area contributed by atoms with Crippen LogP contribution < -0.4 is 5.43 Å². The summed E-state index contributed by atoms with van der Waals surface area (Å²) < 4.78 is 11.2. The van der Waals surface area contributed by atoms with Crippen LogP contribution in [-0.4, -0.2) is 15.7 Å². The molecule has 4 aromatic rings. The van der Waals surface area contributed by atoms with Gasteiger partial charge in [-0.2, -0.15) is 0 Å². The molecule has 0 radical (unpaired) electrons. The third kappa shape index (κ3) is 3.08. The first kappa shape index (κ1) is 19.1. The van der Waals surface area contributed by atoms with Crippen molar-refractivity contribution in [3.63, 3.8) is 0 Å². The molecule has 0 aliphatic carbocycles. The van der Waals surface area contributed by atoms with Gasteiger partial charge >= 0.3 is 0 Å². The highest BCUT2D eigenvalue weighted by Crippen LogP contribution is 2.40. The van der Waals surface area contributed by atoms with E-state index in [1.54, 1.807) is 24.3 Å². The first-order valence-corrected chi connectivity index (χ1v) is 9.66. The van der Waals surface area contributed by atoms with E-state index in [1.807, 2.05) is 0 Å². The van der Waals surface area contributed by atoms with Crippen molar-refractivity contribution in [2.45, 2.75) is 12.6 Å². The van der Waals surface area contributed by atoms with E-state index in [1.165, 1.54) is 41.5 Å². The Bertz CT molecular complexity index is 1410. The van der Waals surface area contributed by atoms with Crippen molar-refractivity contribution in [3.8, 4) is 0 Å². The fourth-order valence-corrected chi connectivity index (χ4v) is 4.05. The van der Waals surface area contributed by atoms with Gasteiger partial charge in [0.05, 0.1) is 34.7 Å². The zero-order valence-electron chi connectivity index (χ0n) is 15.8. The molecule has 1 unspecified atom stereocenters. The standard InChI is InChI=1S/C22H13ClN2O6/c23-13-6-7-17-16(10-13)20(26)18-19(12-3-1-4-14(9-12)25(28)29)24(22(27)21(18)31-17)11-15-5-2-8-30-15/h1-10,19H,11H2. The Balaban J connectivity index is 1.76. The maximum absolute atomic E-state index is 13.4. The molecule has 0 spiro atoms. The van der Waals surface area contributed by atoms with E-state index < -0.39 is 22.3 Å². The van der Waals surface area contributed by atoms with Gasteiger partial charge in [-0.3, -0.25) is 19.7 Å². The van der Waals surface area contributed by atoms with Gasteiger partial charge < -0.3 is 13.7 Å². The second-order valence-electron chi connectivity index (χ2n) is 7.08. The summed E-state index contributed by atoms with van der Waals surface area (Å²) in [6.45, 7) is 0.0555. The predicted molar refractivity (Wildman–Crippen MR) is 111 cm³/mol. The van der Waals surface area contributed by atoms with E-state index in [2.05, 4.69) is 0 Å². The maximum atomic E-state index is 13.4. The molecule has 31 heavy (non-hydrogen) atoms. The molecule has 9 heteroatoms. The predicted octanol–water partition coefficient (Wildman–Crippen LogP) is 4.69. The Labute approximate surface area is 179 Å². The normalized spacial score (nSPS) is 15.5. The maximum Gasteiger partial charge on any atom is 0.291 e. The Hall–Kier alpha value is -3.91. The number of nitro groups is 1. The summed E-state index contributed by atoms with van der Waals surface area (Å²) in [6.07, 6.45) is 1.48. The molecular weight excluding hydrogens is 424 g/mol. The first-order valence-electron chi connectivity index (χ1n) is 9.28. The summed E-state index contributed by atoms with van der Waals surface area (Å²) in [4.78, 5) is 38.9. The van der Waals surface area contributed by atoms with Gasteiger partial charge in [0.25, 0.3) is 11.6 Å². The van der Waals surface area contributed by atoms with Crippen LogP contribution in [0.15, 0.2) is 74.5 Å². The average molecular weight is 437 g/mol. The van der Waals surface area contributed by atoms with Crippen LogP contribution in [0.3, 0.4) is 0 Å². The lowest BCUT2D eigenvalue weighted by molar-refractivity contribution is -0.384. The van der Waals surface area contributed by atoms with Crippen molar-refractivity contribution in [2.75, 3.05) is 0 Å². The molecule has 2 aromatic heterocycles. The lowest BCUT2D eigenvalue weighted by Gasteiger charge is -2.24. The topological polar surface area (TPSA) is 107 Å². The summed E-state index contributed by atoms with van der Waals surface area (Å²) in [6, 6.07) is 12.9. The number of fused-ring (bicyclic) bond motifs is 2. The second kappa shape index (κ2) is 7.10. The number of hydrogen-bond acceptors (Lipinski definition) is 6. The number of carbonyl (C=O) groups is 1. The molecule has 154 valence electrons. The number of rotatable bonds is 4. The number of halogens is 1. The largest absolute Gasteiger partial charge is 0.467 e. The number of benzene rings is 2. The van der Waals surface area contributed by atoms with E-state index in [0.717, 1.165) is 0 Å². The van der Waals surface area contributed by atoms with Crippen LogP contribution in [0.1, 0.15) is 33.5 Å². The van der Waals surface area contributed by atoms with Crippen LogP contribution in [0, 0.1) is 10.1 Å². The van der Waals surface area contributed by atoms with E-state index in [4.69, 9.17) is 20.4 Å². The van der Waals surface area contributed by atoms with Crippen molar-refractivity contribution < 1.29 is 18.6 Å². The fourth-order valence-electron chi connectivity index (χ4n) is 3.88. The minimum absolute atomic E-state index is 0.0555. The lowest BCUT2D eigenvalue weighted by Crippen LogP contribution is -2.29.